The molecule has 0 fully saturated rings. The fraction of sp³-hybridized carbons (Fsp3) is 0.200. The number of thiazole rings is 1. The molecule has 1 aromatic heterocycles. The number of hydrogen-bond donors (Lipinski definition) is 1. The number of benzene rings is 2. The van der Waals surface area contributed by atoms with Crippen LogP contribution in [0, 0.1) is 6.92 Å². The number of carbonyl (C=O) groups is 1. The van der Waals surface area contributed by atoms with E-state index in [9.17, 15) is 4.79 Å². The third-order valence-corrected chi connectivity index (χ3v) is 4.84. The van der Waals surface area contributed by atoms with E-state index in [1.807, 2.05) is 24.3 Å². The first-order chi connectivity index (χ1) is 12.1. The third kappa shape index (κ3) is 4.06. The van der Waals surface area contributed by atoms with Crippen LogP contribution in [0.5, 0.6) is 0 Å². The summed E-state index contributed by atoms with van der Waals surface area (Å²) in [7, 11) is 0. The number of carboxylic acid groups (broad SMARTS) is 1. The summed E-state index contributed by atoms with van der Waals surface area (Å²) in [5, 5.41) is 11.0. The van der Waals surface area contributed by atoms with Gasteiger partial charge in [0.2, 0.25) is 0 Å². The Hall–Kier alpha value is -2.66. The Labute approximate surface area is 150 Å². The Morgan fingerprint density at radius 1 is 1.12 bits per heavy atom. The van der Waals surface area contributed by atoms with Crippen LogP contribution in [0.2, 0.25) is 0 Å². The van der Waals surface area contributed by atoms with Crippen molar-refractivity contribution in [3.63, 3.8) is 0 Å². The van der Waals surface area contributed by atoms with Crippen molar-refractivity contribution in [1.82, 2.24) is 4.57 Å². The Kier molecular flexibility index (Phi) is 5.14. The molecule has 0 aliphatic rings. The first-order valence-corrected chi connectivity index (χ1v) is 9.05. The molecule has 3 aromatic rings. The second kappa shape index (κ2) is 7.49. The van der Waals surface area contributed by atoms with Crippen molar-refractivity contribution in [2.24, 2.45) is 4.99 Å². The summed E-state index contributed by atoms with van der Waals surface area (Å²) < 4.78 is 2.19. The fourth-order valence-electron chi connectivity index (χ4n) is 2.65. The van der Waals surface area contributed by atoms with Crippen LogP contribution in [0.15, 0.2) is 58.9 Å². The van der Waals surface area contributed by atoms with E-state index in [1.165, 1.54) is 11.1 Å². The van der Waals surface area contributed by atoms with Crippen molar-refractivity contribution in [2.75, 3.05) is 0 Å². The normalized spacial score (nSPS) is 11.7. The molecule has 0 spiro atoms. The highest BCUT2D eigenvalue weighted by atomic mass is 32.1. The van der Waals surface area contributed by atoms with Crippen LogP contribution in [0.4, 0.5) is 5.69 Å². The lowest BCUT2D eigenvalue weighted by atomic mass is 10.1. The highest BCUT2D eigenvalue weighted by Gasteiger charge is 2.07. The van der Waals surface area contributed by atoms with Gasteiger partial charge in [-0.15, -0.1) is 11.3 Å². The molecule has 3 rings (SSSR count). The largest absolute Gasteiger partial charge is 0.481 e. The van der Waals surface area contributed by atoms with E-state index in [-0.39, 0.29) is 6.42 Å². The number of hydrogen-bond acceptors (Lipinski definition) is 3. The molecule has 0 unspecified atom stereocenters. The van der Waals surface area contributed by atoms with Crippen molar-refractivity contribution in [3.8, 4) is 11.3 Å². The number of rotatable bonds is 5. The summed E-state index contributed by atoms with van der Waals surface area (Å²) in [6, 6.07) is 15.9. The van der Waals surface area contributed by atoms with Crippen LogP contribution in [-0.2, 0) is 17.8 Å². The molecule has 0 aliphatic carbocycles. The van der Waals surface area contributed by atoms with Gasteiger partial charge in [0.1, 0.15) is 0 Å². The molecular weight excluding hydrogens is 332 g/mol. The first-order valence-electron chi connectivity index (χ1n) is 8.17. The average Bonchev–Trinajstić information content (AvgIpc) is 2.99. The topological polar surface area (TPSA) is 54.6 Å². The predicted molar refractivity (Wildman–Crippen MR) is 101 cm³/mol. The Bertz CT molecular complexity index is 935. The maximum Gasteiger partial charge on any atom is 0.307 e. The van der Waals surface area contributed by atoms with Gasteiger partial charge in [0, 0.05) is 11.9 Å². The predicted octanol–water partition coefficient (Wildman–Crippen LogP) is 4.40. The molecule has 1 heterocycles. The van der Waals surface area contributed by atoms with Crippen molar-refractivity contribution in [1.29, 1.82) is 0 Å². The van der Waals surface area contributed by atoms with Crippen LogP contribution >= 0.6 is 11.3 Å². The lowest BCUT2D eigenvalue weighted by molar-refractivity contribution is -0.136. The van der Waals surface area contributed by atoms with Gasteiger partial charge in [-0.1, -0.05) is 42.0 Å². The number of nitrogens with zero attached hydrogens (tertiary/aromatic N) is 2. The minimum Gasteiger partial charge on any atom is -0.481 e. The van der Waals surface area contributed by atoms with E-state index in [2.05, 4.69) is 48.1 Å². The number of aromatic nitrogens is 1. The molecule has 0 atom stereocenters. The minimum atomic E-state index is -0.825. The Morgan fingerprint density at radius 3 is 2.40 bits per heavy atom. The summed E-state index contributed by atoms with van der Waals surface area (Å²) in [4.78, 5) is 16.4. The van der Waals surface area contributed by atoms with Gasteiger partial charge in [-0.05, 0) is 37.1 Å². The second-order valence-electron chi connectivity index (χ2n) is 5.86. The lowest BCUT2D eigenvalue weighted by Crippen LogP contribution is -2.14. The molecule has 128 valence electrons. The highest BCUT2D eigenvalue weighted by molar-refractivity contribution is 7.07. The molecule has 1 N–H and O–H groups in total. The zero-order chi connectivity index (χ0) is 17.8. The quantitative estimate of drug-likeness (QED) is 0.740. The number of aryl methyl sites for hydroxylation is 1. The third-order valence-electron chi connectivity index (χ3n) is 3.98. The Balaban J connectivity index is 1.96. The summed E-state index contributed by atoms with van der Waals surface area (Å²) >= 11 is 1.61. The summed E-state index contributed by atoms with van der Waals surface area (Å²) in [6.45, 7) is 5.03. The number of carboxylic acids is 1. The van der Waals surface area contributed by atoms with Crippen molar-refractivity contribution < 1.29 is 9.90 Å². The maximum atomic E-state index is 10.8. The smallest absolute Gasteiger partial charge is 0.307 e. The van der Waals surface area contributed by atoms with Gasteiger partial charge in [-0.25, -0.2) is 4.99 Å². The maximum absolute atomic E-state index is 10.8. The van der Waals surface area contributed by atoms with Crippen molar-refractivity contribution in [3.05, 3.63) is 69.8 Å². The van der Waals surface area contributed by atoms with Gasteiger partial charge in [0.05, 0.1) is 17.8 Å². The average molecular weight is 352 g/mol. The summed E-state index contributed by atoms with van der Waals surface area (Å²) in [6.07, 6.45) is 0.0335. The molecule has 5 heteroatoms. The Morgan fingerprint density at radius 2 is 1.80 bits per heavy atom. The zero-order valence-corrected chi connectivity index (χ0v) is 15.1. The summed E-state index contributed by atoms with van der Waals surface area (Å²) in [5.74, 6) is -0.825. The van der Waals surface area contributed by atoms with E-state index in [0.29, 0.717) is 0 Å². The molecule has 2 aromatic carbocycles. The first kappa shape index (κ1) is 17.2. The van der Waals surface area contributed by atoms with Gasteiger partial charge in [-0.3, -0.25) is 4.79 Å². The van der Waals surface area contributed by atoms with E-state index < -0.39 is 5.97 Å². The van der Waals surface area contributed by atoms with Crippen LogP contribution in [-0.4, -0.2) is 15.6 Å². The molecule has 4 nitrogen and oxygen atoms in total. The lowest BCUT2D eigenvalue weighted by Gasteiger charge is -2.06. The zero-order valence-electron chi connectivity index (χ0n) is 14.3. The van der Waals surface area contributed by atoms with Crippen LogP contribution in [0.1, 0.15) is 18.1 Å². The van der Waals surface area contributed by atoms with Crippen LogP contribution in [0.25, 0.3) is 11.3 Å². The minimum absolute atomic E-state index is 0.0335. The number of aliphatic carboxylic acids is 1. The molecule has 0 amide bonds. The molecule has 0 saturated carbocycles. The van der Waals surface area contributed by atoms with Gasteiger partial charge < -0.3 is 9.67 Å². The van der Waals surface area contributed by atoms with Crippen molar-refractivity contribution >= 4 is 23.0 Å². The second-order valence-corrected chi connectivity index (χ2v) is 6.70. The molecule has 0 aliphatic heterocycles. The molecular formula is C20H20N2O2S. The summed E-state index contributed by atoms with van der Waals surface area (Å²) in [5.41, 5.74) is 5.19. The van der Waals surface area contributed by atoms with Crippen LogP contribution < -0.4 is 4.80 Å². The van der Waals surface area contributed by atoms with Crippen molar-refractivity contribution in [2.45, 2.75) is 26.8 Å². The SMILES string of the molecule is CCn1c(-c2ccc(C)cc2)csc1=Nc1ccc(CC(=O)O)cc1. The van der Waals surface area contributed by atoms with E-state index in [1.54, 1.807) is 11.3 Å². The van der Waals surface area contributed by atoms with Gasteiger partial charge in [0.15, 0.2) is 4.80 Å². The molecule has 0 bridgehead atoms. The fourth-order valence-corrected chi connectivity index (χ4v) is 3.65. The van der Waals surface area contributed by atoms with E-state index in [0.717, 1.165) is 28.3 Å². The molecule has 0 radical (unpaired) electrons. The van der Waals surface area contributed by atoms with Gasteiger partial charge in [-0.2, -0.15) is 0 Å². The van der Waals surface area contributed by atoms with Gasteiger partial charge >= 0.3 is 5.97 Å². The monoisotopic (exact) mass is 352 g/mol. The van der Waals surface area contributed by atoms with Gasteiger partial charge in [0.25, 0.3) is 0 Å². The molecule has 25 heavy (non-hydrogen) atoms. The molecule has 0 saturated heterocycles. The van der Waals surface area contributed by atoms with E-state index in [4.69, 9.17) is 10.1 Å². The van der Waals surface area contributed by atoms with E-state index >= 15 is 0 Å². The highest BCUT2D eigenvalue weighted by Crippen LogP contribution is 2.21. The standard InChI is InChI=1S/C20H20N2O2S/c1-3-22-18(16-8-4-14(2)5-9-16)13-25-20(22)21-17-10-6-15(7-11-17)12-19(23)24/h4-11,13H,3,12H2,1-2H3,(H,23,24). The van der Waals surface area contributed by atoms with Crippen LogP contribution in [0.3, 0.4) is 0 Å².